The lowest BCUT2D eigenvalue weighted by Crippen LogP contribution is -2.44. The third kappa shape index (κ3) is 5.79. The van der Waals surface area contributed by atoms with Crippen LogP contribution in [-0.4, -0.2) is 50.0 Å². The molecule has 0 radical (unpaired) electrons. The van der Waals surface area contributed by atoms with Gasteiger partial charge in [-0.3, -0.25) is 4.99 Å². The average Bonchev–Trinajstić information content (AvgIpc) is 3.19. The van der Waals surface area contributed by atoms with Crippen LogP contribution in [0.1, 0.15) is 45.8 Å². The second kappa shape index (κ2) is 8.48. The lowest BCUT2D eigenvalue weighted by molar-refractivity contribution is 0.0347. The number of aliphatic imine (C=N–C) groups is 1. The molecular weight excluding hydrogens is 308 g/mol. The summed E-state index contributed by atoms with van der Waals surface area (Å²) in [5.74, 6) is 2.22. The van der Waals surface area contributed by atoms with Gasteiger partial charge in [-0.05, 0) is 13.3 Å². The molecule has 1 aliphatic heterocycles. The predicted octanol–water partition coefficient (Wildman–Crippen LogP) is 1.83. The highest BCUT2D eigenvalue weighted by Crippen LogP contribution is 2.22. The van der Waals surface area contributed by atoms with E-state index in [4.69, 9.17) is 13.9 Å². The number of hydrogen-bond donors (Lipinski definition) is 2. The van der Waals surface area contributed by atoms with E-state index in [1.54, 1.807) is 13.2 Å². The van der Waals surface area contributed by atoms with E-state index in [1.807, 2.05) is 0 Å². The Kier molecular flexibility index (Phi) is 6.62. The number of aromatic nitrogens is 1. The summed E-state index contributed by atoms with van der Waals surface area (Å²) in [7, 11) is 1.74. The molecule has 2 unspecified atom stereocenters. The molecule has 7 heteroatoms. The zero-order valence-electron chi connectivity index (χ0n) is 15.4. The topological polar surface area (TPSA) is 80.9 Å². The molecule has 0 aromatic carbocycles. The quantitative estimate of drug-likeness (QED) is 0.608. The van der Waals surface area contributed by atoms with Crippen LogP contribution in [-0.2, 0) is 21.4 Å². The van der Waals surface area contributed by atoms with Gasteiger partial charge in [0.05, 0.1) is 32.1 Å². The van der Waals surface area contributed by atoms with E-state index in [1.165, 1.54) is 0 Å². The standard InChI is InChI=1S/C17H30N4O3/c1-12(10-23-13-6-7-22-11-13)21-16(18-5)20-9-15-19-8-14(24-15)17(2,3)4/h8,12-13H,6-7,9-11H2,1-5H3,(H2,18,20,21). The van der Waals surface area contributed by atoms with Crippen LogP contribution in [0.5, 0.6) is 0 Å². The Hall–Kier alpha value is -1.60. The predicted molar refractivity (Wildman–Crippen MR) is 93.2 cm³/mol. The monoisotopic (exact) mass is 338 g/mol. The SMILES string of the molecule is CN=C(NCc1ncc(C(C)(C)C)o1)NC(C)COC1CCOC1. The molecular formula is C17H30N4O3. The van der Waals surface area contributed by atoms with Gasteiger partial charge in [0.15, 0.2) is 5.96 Å². The Bertz CT molecular complexity index is 530. The minimum Gasteiger partial charge on any atom is -0.443 e. The molecule has 7 nitrogen and oxygen atoms in total. The van der Waals surface area contributed by atoms with Crippen molar-refractivity contribution in [1.29, 1.82) is 0 Å². The highest BCUT2D eigenvalue weighted by molar-refractivity contribution is 5.79. The van der Waals surface area contributed by atoms with Crippen LogP contribution in [0, 0.1) is 0 Å². The molecule has 2 N–H and O–H groups in total. The molecule has 0 amide bonds. The smallest absolute Gasteiger partial charge is 0.213 e. The first-order valence-corrected chi connectivity index (χ1v) is 8.50. The van der Waals surface area contributed by atoms with Crippen molar-refractivity contribution in [3.05, 3.63) is 17.8 Å². The second-order valence-corrected chi connectivity index (χ2v) is 7.16. The van der Waals surface area contributed by atoms with Crippen LogP contribution < -0.4 is 10.6 Å². The van der Waals surface area contributed by atoms with Gasteiger partial charge in [0.25, 0.3) is 0 Å². The minimum absolute atomic E-state index is 0.0407. The maximum Gasteiger partial charge on any atom is 0.213 e. The fourth-order valence-electron chi connectivity index (χ4n) is 2.29. The first-order valence-electron chi connectivity index (χ1n) is 8.50. The van der Waals surface area contributed by atoms with Crippen LogP contribution in [0.3, 0.4) is 0 Å². The molecule has 1 saturated heterocycles. The third-order valence-corrected chi connectivity index (χ3v) is 3.78. The van der Waals surface area contributed by atoms with Gasteiger partial charge in [-0.25, -0.2) is 4.98 Å². The van der Waals surface area contributed by atoms with Gasteiger partial charge in [-0.2, -0.15) is 0 Å². The zero-order valence-corrected chi connectivity index (χ0v) is 15.4. The average molecular weight is 338 g/mol. The van der Waals surface area contributed by atoms with E-state index in [0.717, 1.165) is 18.8 Å². The summed E-state index contributed by atoms with van der Waals surface area (Å²) >= 11 is 0. The number of nitrogens with zero attached hydrogens (tertiary/aromatic N) is 2. The third-order valence-electron chi connectivity index (χ3n) is 3.78. The minimum atomic E-state index is -0.0407. The first kappa shape index (κ1) is 18.7. The molecule has 2 atom stereocenters. The number of nitrogens with one attached hydrogen (secondary N) is 2. The van der Waals surface area contributed by atoms with E-state index in [0.29, 0.717) is 31.6 Å². The van der Waals surface area contributed by atoms with E-state index in [9.17, 15) is 0 Å². The molecule has 136 valence electrons. The summed E-state index contributed by atoms with van der Waals surface area (Å²) in [4.78, 5) is 8.53. The maximum atomic E-state index is 5.81. The van der Waals surface area contributed by atoms with E-state index < -0.39 is 0 Å². The summed E-state index contributed by atoms with van der Waals surface area (Å²) in [6, 6.07) is 0.145. The number of guanidine groups is 1. The molecule has 2 rings (SSSR count). The molecule has 1 aromatic rings. The normalized spacial score (nSPS) is 20.2. The summed E-state index contributed by atoms with van der Waals surface area (Å²) in [6.45, 7) is 10.9. The van der Waals surface area contributed by atoms with Crippen molar-refractivity contribution in [2.45, 2.75) is 58.2 Å². The van der Waals surface area contributed by atoms with Crippen molar-refractivity contribution >= 4 is 5.96 Å². The fourth-order valence-corrected chi connectivity index (χ4v) is 2.29. The van der Waals surface area contributed by atoms with Gasteiger partial charge in [0.2, 0.25) is 5.89 Å². The summed E-state index contributed by atoms with van der Waals surface area (Å²) < 4.78 is 16.9. The highest BCUT2D eigenvalue weighted by Gasteiger charge is 2.19. The van der Waals surface area contributed by atoms with Gasteiger partial charge < -0.3 is 24.5 Å². The Morgan fingerprint density at radius 2 is 2.29 bits per heavy atom. The summed E-state index contributed by atoms with van der Waals surface area (Å²) in [5.41, 5.74) is -0.0407. The molecule has 2 heterocycles. The van der Waals surface area contributed by atoms with Crippen molar-refractivity contribution in [2.24, 2.45) is 4.99 Å². The largest absolute Gasteiger partial charge is 0.443 e. The molecule has 0 saturated carbocycles. The van der Waals surface area contributed by atoms with Crippen LogP contribution in [0.4, 0.5) is 0 Å². The molecule has 24 heavy (non-hydrogen) atoms. The lowest BCUT2D eigenvalue weighted by atomic mass is 9.94. The number of hydrogen-bond acceptors (Lipinski definition) is 5. The number of ether oxygens (including phenoxy) is 2. The van der Waals surface area contributed by atoms with E-state index >= 15 is 0 Å². The Morgan fingerprint density at radius 1 is 1.50 bits per heavy atom. The molecule has 1 aliphatic rings. The Balaban J connectivity index is 1.74. The summed E-state index contributed by atoms with van der Waals surface area (Å²) in [6.07, 6.45) is 2.97. The van der Waals surface area contributed by atoms with Crippen molar-refractivity contribution in [3.8, 4) is 0 Å². The molecule has 0 bridgehead atoms. The van der Waals surface area contributed by atoms with Crippen LogP contribution in [0.2, 0.25) is 0 Å². The Labute approximate surface area is 144 Å². The fraction of sp³-hybridized carbons (Fsp3) is 0.765. The van der Waals surface area contributed by atoms with Gasteiger partial charge in [-0.1, -0.05) is 20.8 Å². The van der Waals surface area contributed by atoms with Crippen LogP contribution in [0.15, 0.2) is 15.6 Å². The molecule has 1 aromatic heterocycles. The van der Waals surface area contributed by atoms with Gasteiger partial charge in [0.1, 0.15) is 5.76 Å². The number of oxazole rings is 1. The van der Waals surface area contributed by atoms with Crippen LogP contribution in [0.25, 0.3) is 0 Å². The van der Waals surface area contributed by atoms with Crippen molar-refractivity contribution in [3.63, 3.8) is 0 Å². The lowest BCUT2D eigenvalue weighted by Gasteiger charge is -2.19. The van der Waals surface area contributed by atoms with E-state index in [-0.39, 0.29) is 17.6 Å². The van der Waals surface area contributed by atoms with Gasteiger partial charge in [-0.15, -0.1) is 0 Å². The highest BCUT2D eigenvalue weighted by atomic mass is 16.5. The molecule has 0 aliphatic carbocycles. The zero-order chi connectivity index (χ0) is 17.6. The maximum absolute atomic E-state index is 5.81. The molecule has 0 spiro atoms. The summed E-state index contributed by atoms with van der Waals surface area (Å²) in [5, 5.41) is 6.51. The van der Waals surface area contributed by atoms with Gasteiger partial charge >= 0.3 is 0 Å². The molecule has 1 fully saturated rings. The van der Waals surface area contributed by atoms with Crippen molar-refractivity contribution in [1.82, 2.24) is 15.6 Å². The van der Waals surface area contributed by atoms with E-state index in [2.05, 4.69) is 48.3 Å². The number of rotatable bonds is 6. The van der Waals surface area contributed by atoms with Crippen LogP contribution >= 0.6 is 0 Å². The van der Waals surface area contributed by atoms with Crippen molar-refractivity contribution in [2.75, 3.05) is 26.9 Å². The first-order chi connectivity index (χ1) is 11.4. The Morgan fingerprint density at radius 3 is 2.88 bits per heavy atom. The van der Waals surface area contributed by atoms with Gasteiger partial charge in [0, 0.05) is 25.1 Å². The second-order valence-electron chi connectivity index (χ2n) is 7.16. The van der Waals surface area contributed by atoms with Crippen molar-refractivity contribution < 1.29 is 13.9 Å².